The van der Waals surface area contributed by atoms with Crippen molar-refractivity contribution in [2.75, 3.05) is 0 Å². The van der Waals surface area contributed by atoms with E-state index in [-0.39, 0.29) is 20.1 Å². The maximum absolute atomic E-state index is 11.2. The van der Waals surface area contributed by atoms with E-state index in [4.69, 9.17) is 0 Å². The first-order valence-corrected chi connectivity index (χ1v) is 34.3. The zero-order valence-electron chi connectivity index (χ0n) is 55.3. The maximum Gasteiger partial charge on any atom is 0.0991 e. The number of rotatable bonds is 10. The van der Waals surface area contributed by atoms with Crippen LogP contribution in [0.3, 0.4) is 0 Å². The normalized spacial score (nSPS) is 11.7. The van der Waals surface area contributed by atoms with Gasteiger partial charge in [0.2, 0.25) is 0 Å². The first-order valence-electron chi connectivity index (χ1n) is 34.3. The average Bonchev–Trinajstić information content (AvgIpc) is 1.56. The molecule has 0 unspecified atom stereocenters. The minimum absolute atomic E-state index is 0. The van der Waals surface area contributed by atoms with E-state index in [1.165, 1.54) is 60.1 Å². The van der Waals surface area contributed by atoms with Crippen LogP contribution in [0.25, 0.3) is 171 Å². The molecule has 0 aliphatic carbocycles. The number of fused-ring (bicyclic) bond motifs is 15. The van der Waals surface area contributed by atoms with Crippen LogP contribution in [0.15, 0.2) is 322 Å². The van der Waals surface area contributed by atoms with Gasteiger partial charge < -0.3 is 22.8 Å². The second-order valence-corrected chi connectivity index (χ2v) is 26.6. The molecule has 7 nitrogen and oxygen atoms in total. The van der Waals surface area contributed by atoms with Crippen LogP contribution < -0.4 is 0 Å². The van der Waals surface area contributed by atoms with Gasteiger partial charge in [0.25, 0.3) is 0 Å². The Labute approximate surface area is 601 Å². The number of para-hydroxylation sites is 6. The fourth-order valence-corrected chi connectivity index (χ4v) is 16.5. The Hall–Kier alpha value is -13.1. The monoisotopic (exact) mass is 1380 g/mol. The van der Waals surface area contributed by atoms with Crippen molar-refractivity contribution >= 4 is 109 Å². The maximum atomic E-state index is 11.2. The smallest absolute Gasteiger partial charge is 0.0991 e. The standard InChI is InChI=1S/C94H58N7.Tc/c1-59-18-2-4-20-69(59)70-21-5-3-19-65(70)50-61-36-45-90-79(51-61)80-54-66(97-83-28-12-6-22-71(83)72-23-7-13-29-84(72)97)43-49-93(80)101(90)94-53-64(63-38-34-60(57-95)35-39-63)40-44-77(94)78-52-62(58-96)37-46-89(78)100-91-47-41-67(98-85-30-14-8-24-73(85)74-25-9-15-31-86(74)98)55-81(91)82-56-68(42-48-92(82)100)99-87-32-16-10-26-75(87)76-27-11-17-33-88(76)99;/h2-38,40-49,51-56H,50H2,1H3;/q-1;. The molecule has 5 aromatic heterocycles. The Morgan fingerprint density at radius 2 is 0.696 bits per heavy atom. The van der Waals surface area contributed by atoms with Crippen LogP contribution >= 0.6 is 0 Å². The van der Waals surface area contributed by atoms with Gasteiger partial charge in [0.1, 0.15) is 0 Å². The molecule has 0 saturated heterocycles. The minimum Gasteiger partial charge on any atom is -0.309 e. The Balaban J connectivity index is 0.00000720. The SMILES string of the molecule is Cc1ccccc1-c1ccccc1Cc1ccc2c(c1)c1cc(-n3c4ccccc4c4ccccc43)ccc1n2-c1cc(-c2[c-]cc(C#N)cc2)ccc1-c1cc(C#N)ccc1-n1c2ccc(-n3c4ccccc4c4ccccc43)cc2c2cc(-n3c4ccccc4c4ccccc43)ccc21.[Tc]. The van der Waals surface area contributed by atoms with Gasteiger partial charge in [-0.1, -0.05) is 188 Å². The van der Waals surface area contributed by atoms with Crippen molar-refractivity contribution in [1.29, 1.82) is 10.5 Å². The van der Waals surface area contributed by atoms with Gasteiger partial charge in [-0.2, -0.15) is 5.26 Å². The molecule has 8 heteroatoms. The molecule has 20 rings (SSSR count). The van der Waals surface area contributed by atoms with Crippen LogP contribution in [-0.4, -0.2) is 22.8 Å². The van der Waals surface area contributed by atoms with Crippen molar-refractivity contribution in [3.63, 3.8) is 0 Å². The second-order valence-electron chi connectivity index (χ2n) is 26.6. The van der Waals surface area contributed by atoms with Gasteiger partial charge in [-0.05, 0) is 168 Å². The zero-order chi connectivity index (χ0) is 67.0. The third-order valence-corrected chi connectivity index (χ3v) is 21.1. The predicted octanol–water partition coefficient (Wildman–Crippen LogP) is 23.6. The van der Waals surface area contributed by atoms with Crippen LogP contribution in [0.4, 0.5) is 0 Å². The van der Waals surface area contributed by atoms with Crippen LogP contribution in [0.2, 0.25) is 0 Å². The number of nitrogens with zero attached hydrogens (tertiary/aromatic N) is 7. The second kappa shape index (κ2) is 23.8. The number of nitriles is 2. The van der Waals surface area contributed by atoms with Crippen molar-refractivity contribution in [2.24, 2.45) is 0 Å². The largest absolute Gasteiger partial charge is 0.309 e. The Bertz CT molecular complexity index is 6640. The average molecular weight is 1380 g/mol. The number of hydrogen-bond donors (Lipinski definition) is 0. The van der Waals surface area contributed by atoms with Gasteiger partial charge in [-0.3, -0.25) is 0 Å². The van der Waals surface area contributed by atoms with Gasteiger partial charge in [0.15, 0.2) is 0 Å². The van der Waals surface area contributed by atoms with E-state index in [0.717, 1.165) is 134 Å². The molecule has 15 aromatic carbocycles. The predicted molar refractivity (Wildman–Crippen MR) is 417 cm³/mol. The molecule has 0 aliphatic heterocycles. The van der Waals surface area contributed by atoms with Crippen molar-refractivity contribution in [3.8, 4) is 74.0 Å². The van der Waals surface area contributed by atoms with Crippen LogP contribution in [0.5, 0.6) is 0 Å². The van der Waals surface area contributed by atoms with Crippen molar-refractivity contribution in [3.05, 3.63) is 355 Å². The summed E-state index contributed by atoms with van der Waals surface area (Å²) < 4.78 is 12.1. The number of aromatic nitrogens is 5. The van der Waals surface area contributed by atoms with Crippen LogP contribution in [-0.2, 0) is 26.5 Å². The molecule has 0 saturated carbocycles. The molecule has 5 heterocycles. The third-order valence-electron chi connectivity index (χ3n) is 21.1. The van der Waals surface area contributed by atoms with Gasteiger partial charge in [-0.25, -0.2) is 5.26 Å². The molecule has 477 valence electrons. The van der Waals surface area contributed by atoms with Gasteiger partial charge >= 0.3 is 0 Å². The molecule has 0 N–H and O–H groups in total. The molecule has 102 heavy (non-hydrogen) atoms. The first kappa shape index (κ1) is 60.1. The number of aryl methyl sites for hydroxylation is 1. The summed E-state index contributed by atoms with van der Waals surface area (Å²) in [5.41, 5.74) is 26.8. The van der Waals surface area contributed by atoms with Crippen LogP contribution in [0.1, 0.15) is 27.8 Å². The Morgan fingerprint density at radius 3 is 1.16 bits per heavy atom. The molecular weight excluding hydrogens is 1330 g/mol. The third kappa shape index (κ3) is 9.28. The van der Waals surface area contributed by atoms with E-state index < -0.39 is 0 Å². The van der Waals surface area contributed by atoms with Gasteiger partial charge in [0.05, 0.1) is 72.5 Å². The number of benzene rings is 15. The summed E-state index contributed by atoms with van der Waals surface area (Å²) in [6.45, 7) is 2.19. The van der Waals surface area contributed by atoms with E-state index >= 15 is 0 Å². The summed E-state index contributed by atoms with van der Waals surface area (Å²) in [6.07, 6.45) is 0.720. The van der Waals surface area contributed by atoms with E-state index in [1.54, 1.807) is 6.07 Å². The van der Waals surface area contributed by atoms with Gasteiger partial charge in [0, 0.05) is 114 Å². The zero-order valence-corrected chi connectivity index (χ0v) is 57.2. The number of hydrogen-bond acceptors (Lipinski definition) is 2. The Morgan fingerprint density at radius 1 is 0.294 bits per heavy atom. The van der Waals surface area contributed by atoms with E-state index in [2.05, 4.69) is 345 Å². The molecule has 0 aliphatic rings. The van der Waals surface area contributed by atoms with Crippen LogP contribution in [0, 0.1) is 35.7 Å². The molecule has 0 bridgehead atoms. The molecule has 0 amide bonds. The molecule has 0 spiro atoms. The fourth-order valence-electron chi connectivity index (χ4n) is 16.5. The molecule has 0 atom stereocenters. The van der Waals surface area contributed by atoms with E-state index in [0.29, 0.717) is 11.1 Å². The molecule has 0 fully saturated rings. The fraction of sp³-hybridized carbons (Fsp3) is 0.0213. The molecule has 20 aromatic rings. The van der Waals surface area contributed by atoms with Crippen molar-refractivity contribution in [1.82, 2.24) is 22.8 Å². The Kier molecular flexibility index (Phi) is 14.1. The van der Waals surface area contributed by atoms with Crippen molar-refractivity contribution < 1.29 is 20.1 Å². The quantitative estimate of drug-likeness (QED) is 0.128. The summed E-state index contributed by atoms with van der Waals surface area (Å²) in [4.78, 5) is 0. The van der Waals surface area contributed by atoms with Crippen molar-refractivity contribution in [2.45, 2.75) is 13.3 Å². The minimum atomic E-state index is 0. The molecule has 1 radical (unpaired) electrons. The summed E-state index contributed by atoms with van der Waals surface area (Å²) in [5.74, 6) is 0. The summed E-state index contributed by atoms with van der Waals surface area (Å²) in [6, 6.07) is 124. The first-order chi connectivity index (χ1) is 49.9. The van der Waals surface area contributed by atoms with E-state index in [9.17, 15) is 10.5 Å². The summed E-state index contributed by atoms with van der Waals surface area (Å²) >= 11 is 0. The van der Waals surface area contributed by atoms with Gasteiger partial charge in [-0.15, -0.1) is 29.8 Å². The summed E-state index contributed by atoms with van der Waals surface area (Å²) in [7, 11) is 0. The summed E-state index contributed by atoms with van der Waals surface area (Å²) in [5, 5.41) is 32.8. The van der Waals surface area contributed by atoms with E-state index in [1.807, 2.05) is 18.2 Å². The molecular formula is C94H58N7Tc-. The topological polar surface area (TPSA) is 72.2 Å².